The summed E-state index contributed by atoms with van der Waals surface area (Å²) in [5.41, 5.74) is 2.11. The third-order valence-corrected chi connectivity index (χ3v) is 4.59. The van der Waals surface area contributed by atoms with E-state index in [4.69, 9.17) is 32.7 Å². The first-order valence-electron chi connectivity index (χ1n) is 7.79. The van der Waals surface area contributed by atoms with Crippen LogP contribution in [0, 0.1) is 13.8 Å². The molecule has 0 aliphatic rings. The van der Waals surface area contributed by atoms with Gasteiger partial charge in [0.2, 0.25) is 0 Å². The fourth-order valence-corrected chi connectivity index (χ4v) is 2.58. The number of aryl methyl sites for hydroxylation is 2. The fraction of sp³-hybridized carbons (Fsp3) is 0.100. The molecule has 6 heteroatoms. The van der Waals surface area contributed by atoms with Gasteiger partial charge in [-0.2, -0.15) is 0 Å². The van der Waals surface area contributed by atoms with Crippen molar-refractivity contribution in [2.24, 2.45) is 0 Å². The van der Waals surface area contributed by atoms with Crippen LogP contribution in [-0.4, -0.2) is 11.3 Å². The summed E-state index contributed by atoms with van der Waals surface area (Å²) in [6.07, 6.45) is 3.57. The van der Waals surface area contributed by atoms with Gasteiger partial charge in [0.05, 0.1) is 12.4 Å². The zero-order valence-electron chi connectivity index (χ0n) is 14.1. The number of carbonyl (C=O) groups is 1. The van der Waals surface area contributed by atoms with E-state index in [2.05, 4.69) is 4.98 Å². The second-order valence-electron chi connectivity index (χ2n) is 5.69. The SMILES string of the molecule is Cc1ccc(Oc2cncc(Oc3ccc(C)c(Cl)c3)c2C=O)cc1Cl. The summed E-state index contributed by atoms with van der Waals surface area (Å²) in [7, 11) is 0. The number of rotatable bonds is 5. The minimum absolute atomic E-state index is 0.244. The molecular weight excluding hydrogens is 373 g/mol. The molecule has 1 heterocycles. The highest BCUT2D eigenvalue weighted by atomic mass is 35.5. The lowest BCUT2D eigenvalue weighted by molar-refractivity contribution is 0.111. The number of ether oxygens (including phenoxy) is 2. The molecule has 0 radical (unpaired) electrons. The van der Waals surface area contributed by atoms with Gasteiger partial charge in [-0.1, -0.05) is 35.3 Å². The molecule has 0 unspecified atom stereocenters. The molecule has 0 amide bonds. The van der Waals surface area contributed by atoms with Gasteiger partial charge in [-0.05, 0) is 49.2 Å². The lowest BCUT2D eigenvalue weighted by Gasteiger charge is -2.13. The monoisotopic (exact) mass is 387 g/mol. The van der Waals surface area contributed by atoms with Crippen molar-refractivity contribution in [3.63, 3.8) is 0 Å². The Bertz CT molecular complexity index is 902. The van der Waals surface area contributed by atoms with Crippen LogP contribution in [0.3, 0.4) is 0 Å². The molecule has 0 fully saturated rings. The molecule has 3 rings (SSSR count). The maximum Gasteiger partial charge on any atom is 0.159 e. The molecule has 0 N–H and O–H groups in total. The average molecular weight is 388 g/mol. The number of benzene rings is 2. The van der Waals surface area contributed by atoms with Gasteiger partial charge in [-0.25, -0.2) is 0 Å². The maximum absolute atomic E-state index is 11.6. The van der Waals surface area contributed by atoms with Crippen molar-refractivity contribution in [1.82, 2.24) is 4.98 Å². The van der Waals surface area contributed by atoms with E-state index in [1.54, 1.807) is 24.3 Å². The summed E-state index contributed by atoms with van der Waals surface area (Å²) in [4.78, 5) is 15.7. The molecule has 0 bridgehead atoms. The van der Waals surface area contributed by atoms with Crippen LogP contribution in [0.25, 0.3) is 0 Å². The first-order valence-corrected chi connectivity index (χ1v) is 8.54. The van der Waals surface area contributed by atoms with Crippen molar-refractivity contribution in [1.29, 1.82) is 0 Å². The predicted molar refractivity (Wildman–Crippen MR) is 102 cm³/mol. The molecule has 0 spiro atoms. The van der Waals surface area contributed by atoms with E-state index in [1.165, 1.54) is 12.4 Å². The van der Waals surface area contributed by atoms with Crippen LogP contribution in [0.2, 0.25) is 10.0 Å². The summed E-state index contributed by atoms with van der Waals surface area (Å²) in [5, 5.41) is 1.15. The minimum atomic E-state index is 0.244. The van der Waals surface area contributed by atoms with E-state index < -0.39 is 0 Å². The van der Waals surface area contributed by atoms with Gasteiger partial charge < -0.3 is 9.47 Å². The molecule has 0 atom stereocenters. The Kier molecular flexibility index (Phi) is 5.45. The van der Waals surface area contributed by atoms with Crippen LogP contribution >= 0.6 is 23.2 Å². The van der Waals surface area contributed by atoms with Gasteiger partial charge in [-0.3, -0.25) is 9.78 Å². The lowest BCUT2D eigenvalue weighted by atomic mass is 10.2. The third-order valence-electron chi connectivity index (χ3n) is 3.77. The Morgan fingerprint density at radius 2 is 1.31 bits per heavy atom. The number of nitrogens with zero attached hydrogens (tertiary/aromatic N) is 1. The number of carbonyl (C=O) groups excluding carboxylic acids is 1. The second kappa shape index (κ2) is 7.77. The van der Waals surface area contributed by atoms with Gasteiger partial charge >= 0.3 is 0 Å². The van der Waals surface area contributed by atoms with Crippen molar-refractivity contribution in [3.8, 4) is 23.0 Å². The molecule has 2 aromatic carbocycles. The molecule has 4 nitrogen and oxygen atoms in total. The molecule has 26 heavy (non-hydrogen) atoms. The number of pyridine rings is 1. The smallest absolute Gasteiger partial charge is 0.159 e. The van der Waals surface area contributed by atoms with Crippen LogP contribution in [0.5, 0.6) is 23.0 Å². The largest absolute Gasteiger partial charge is 0.455 e. The molecule has 0 aliphatic carbocycles. The second-order valence-corrected chi connectivity index (χ2v) is 6.51. The van der Waals surface area contributed by atoms with E-state index in [9.17, 15) is 4.79 Å². The van der Waals surface area contributed by atoms with Crippen molar-refractivity contribution in [2.75, 3.05) is 0 Å². The van der Waals surface area contributed by atoms with Crippen molar-refractivity contribution in [3.05, 3.63) is 75.5 Å². The molecule has 1 aromatic heterocycles. The van der Waals surface area contributed by atoms with Crippen molar-refractivity contribution >= 4 is 29.5 Å². The zero-order valence-corrected chi connectivity index (χ0v) is 15.6. The topological polar surface area (TPSA) is 48.4 Å². The molecular formula is C20H15Cl2NO3. The Balaban J connectivity index is 1.92. The lowest BCUT2D eigenvalue weighted by Crippen LogP contribution is -1.97. The number of aromatic nitrogens is 1. The predicted octanol–water partition coefficient (Wildman–Crippen LogP) is 6.40. The van der Waals surface area contributed by atoms with Crippen LogP contribution in [0.15, 0.2) is 48.8 Å². The average Bonchev–Trinajstić information content (AvgIpc) is 2.62. The highest BCUT2D eigenvalue weighted by Gasteiger charge is 2.14. The van der Waals surface area contributed by atoms with Crippen molar-refractivity contribution in [2.45, 2.75) is 13.8 Å². The Morgan fingerprint density at radius 3 is 1.69 bits per heavy atom. The minimum Gasteiger partial charge on any atom is -0.455 e. The van der Waals surface area contributed by atoms with Gasteiger partial charge in [0.1, 0.15) is 17.1 Å². The van der Waals surface area contributed by atoms with Gasteiger partial charge in [0.25, 0.3) is 0 Å². The normalized spacial score (nSPS) is 10.5. The van der Waals surface area contributed by atoms with E-state index in [1.807, 2.05) is 26.0 Å². The maximum atomic E-state index is 11.6. The summed E-state index contributed by atoms with van der Waals surface area (Å²) in [6.45, 7) is 3.79. The van der Waals surface area contributed by atoms with E-state index in [-0.39, 0.29) is 17.1 Å². The van der Waals surface area contributed by atoms with E-state index in [0.29, 0.717) is 27.8 Å². The van der Waals surface area contributed by atoms with Crippen LogP contribution in [-0.2, 0) is 0 Å². The van der Waals surface area contributed by atoms with E-state index >= 15 is 0 Å². The summed E-state index contributed by atoms with van der Waals surface area (Å²) in [5.74, 6) is 1.55. The number of halogens is 2. The zero-order chi connectivity index (χ0) is 18.7. The highest BCUT2D eigenvalue weighted by Crippen LogP contribution is 2.34. The highest BCUT2D eigenvalue weighted by molar-refractivity contribution is 6.31. The summed E-state index contributed by atoms with van der Waals surface area (Å²) >= 11 is 12.2. The number of hydrogen-bond donors (Lipinski definition) is 0. The number of aldehydes is 1. The Labute approximate surface area is 161 Å². The first kappa shape index (κ1) is 18.2. The standard InChI is InChI=1S/C20H15Cl2NO3/c1-12-3-5-14(7-17(12)21)25-19-9-23-10-20(16(19)11-24)26-15-6-4-13(2)18(22)8-15/h3-11H,1-2H3. The molecule has 3 aromatic rings. The van der Waals surface area contributed by atoms with Crippen molar-refractivity contribution < 1.29 is 14.3 Å². The molecule has 0 saturated heterocycles. The molecule has 0 saturated carbocycles. The molecule has 0 aliphatic heterocycles. The van der Waals surface area contributed by atoms with Crippen LogP contribution in [0.4, 0.5) is 0 Å². The van der Waals surface area contributed by atoms with Gasteiger partial charge in [0.15, 0.2) is 17.8 Å². The molecule has 132 valence electrons. The van der Waals surface area contributed by atoms with Crippen LogP contribution < -0.4 is 9.47 Å². The first-order chi connectivity index (χ1) is 12.5. The summed E-state index contributed by atoms with van der Waals surface area (Å²) < 4.78 is 11.5. The fourth-order valence-electron chi connectivity index (χ4n) is 2.24. The Morgan fingerprint density at radius 1 is 0.846 bits per heavy atom. The van der Waals surface area contributed by atoms with E-state index in [0.717, 1.165) is 11.1 Å². The van der Waals surface area contributed by atoms with Gasteiger partial charge in [-0.15, -0.1) is 0 Å². The third kappa shape index (κ3) is 3.98. The van der Waals surface area contributed by atoms with Gasteiger partial charge in [0, 0.05) is 10.0 Å². The Hall–Kier alpha value is -2.56. The number of hydrogen-bond acceptors (Lipinski definition) is 4. The van der Waals surface area contributed by atoms with Crippen LogP contribution in [0.1, 0.15) is 21.5 Å². The summed E-state index contributed by atoms with van der Waals surface area (Å²) in [6, 6.07) is 10.6. The quantitative estimate of drug-likeness (QED) is 0.475.